The smallest absolute Gasteiger partial charge is 0.311 e. The fourth-order valence-corrected chi connectivity index (χ4v) is 1.75. The highest BCUT2D eigenvalue weighted by Gasteiger charge is 2.28. The van der Waals surface area contributed by atoms with Gasteiger partial charge in [-0.15, -0.1) is 0 Å². The highest BCUT2D eigenvalue weighted by atomic mass is 16.2. The van der Waals surface area contributed by atoms with Crippen LogP contribution in [0.4, 0.5) is 0 Å². The number of amides is 3. The normalized spacial score (nSPS) is 16.9. The van der Waals surface area contributed by atoms with E-state index in [-0.39, 0.29) is 11.8 Å². The van der Waals surface area contributed by atoms with Gasteiger partial charge < -0.3 is 16.0 Å². The van der Waals surface area contributed by atoms with Crippen molar-refractivity contribution in [1.29, 1.82) is 0 Å². The number of rotatable bonds is 2. The molecule has 0 spiro atoms. The number of primary amides is 1. The third-order valence-electron chi connectivity index (χ3n) is 2.72. The summed E-state index contributed by atoms with van der Waals surface area (Å²) in [6.45, 7) is 3.03. The van der Waals surface area contributed by atoms with Crippen LogP contribution in [0.3, 0.4) is 0 Å². The van der Waals surface area contributed by atoms with Crippen LogP contribution in [0.1, 0.15) is 19.8 Å². The Kier molecular flexibility index (Phi) is 4.28. The van der Waals surface area contributed by atoms with E-state index in [1.807, 2.05) is 0 Å². The average molecular weight is 227 g/mol. The Bertz CT molecular complexity index is 296. The predicted molar refractivity (Wildman–Crippen MR) is 57.2 cm³/mol. The number of nitrogens with two attached hydrogens (primary N) is 1. The van der Waals surface area contributed by atoms with Crippen LogP contribution >= 0.6 is 0 Å². The molecule has 0 atom stereocenters. The van der Waals surface area contributed by atoms with Crippen molar-refractivity contribution in [3.8, 4) is 0 Å². The summed E-state index contributed by atoms with van der Waals surface area (Å²) in [4.78, 5) is 35.2. The van der Waals surface area contributed by atoms with Crippen molar-refractivity contribution in [1.82, 2.24) is 10.2 Å². The number of likely N-dealkylation sites (tertiary alicyclic amines) is 1. The number of likely N-dealkylation sites (N-methyl/N-ethyl adjacent to an activating group) is 1. The Labute approximate surface area is 94.2 Å². The number of nitrogens with one attached hydrogen (secondary N) is 1. The molecule has 6 heteroatoms. The van der Waals surface area contributed by atoms with Gasteiger partial charge in [-0.05, 0) is 19.8 Å². The average Bonchev–Trinajstić information content (AvgIpc) is 2.28. The third kappa shape index (κ3) is 2.95. The molecule has 0 unspecified atom stereocenters. The molecule has 90 valence electrons. The number of hydrogen-bond acceptors (Lipinski definition) is 3. The zero-order valence-electron chi connectivity index (χ0n) is 9.36. The first-order chi connectivity index (χ1) is 7.56. The van der Waals surface area contributed by atoms with E-state index < -0.39 is 11.8 Å². The Morgan fingerprint density at radius 2 is 1.88 bits per heavy atom. The van der Waals surface area contributed by atoms with E-state index in [1.54, 1.807) is 6.92 Å². The summed E-state index contributed by atoms with van der Waals surface area (Å²) < 4.78 is 0. The molecular formula is C10H17N3O3. The molecule has 1 heterocycles. The largest absolute Gasteiger partial charge is 0.369 e. The van der Waals surface area contributed by atoms with Crippen molar-refractivity contribution >= 4 is 17.7 Å². The summed E-state index contributed by atoms with van der Waals surface area (Å²) >= 11 is 0. The Morgan fingerprint density at radius 1 is 1.31 bits per heavy atom. The van der Waals surface area contributed by atoms with E-state index in [2.05, 4.69) is 5.32 Å². The predicted octanol–water partition coefficient (Wildman–Crippen LogP) is -1.15. The number of nitrogens with zero attached hydrogens (tertiary/aromatic N) is 1. The van der Waals surface area contributed by atoms with Gasteiger partial charge in [-0.1, -0.05) is 0 Å². The second-order valence-electron chi connectivity index (χ2n) is 3.83. The molecule has 3 amide bonds. The molecule has 1 aliphatic heterocycles. The van der Waals surface area contributed by atoms with Gasteiger partial charge in [-0.3, -0.25) is 14.4 Å². The maximum Gasteiger partial charge on any atom is 0.311 e. The minimum Gasteiger partial charge on any atom is -0.369 e. The Balaban J connectivity index is 2.44. The number of carbonyl (C=O) groups excluding carboxylic acids is 3. The molecule has 6 nitrogen and oxygen atoms in total. The second kappa shape index (κ2) is 5.48. The Hall–Kier alpha value is -1.59. The first kappa shape index (κ1) is 12.5. The quantitative estimate of drug-likeness (QED) is 0.583. The fraction of sp³-hybridized carbons (Fsp3) is 0.700. The zero-order chi connectivity index (χ0) is 12.1. The second-order valence-corrected chi connectivity index (χ2v) is 3.83. The lowest BCUT2D eigenvalue weighted by atomic mass is 9.96. The van der Waals surface area contributed by atoms with E-state index in [1.165, 1.54) is 4.90 Å². The standard InChI is InChI=1S/C10H17N3O3/c1-2-12-9(15)10(16)13-5-3-7(4-6-13)8(11)14/h7H,2-6H2,1H3,(H2,11,14)(H,12,15). The van der Waals surface area contributed by atoms with Crippen LogP contribution in [0.5, 0.6) is 0 Å². The first-order valence-electron chi connectivity index (χ1n) is 5.42. The van der Waals surface area contributed by atoms with Crippen molar-refractivity contribution in [2.75, 3.05) is 19.6 Å². The summed E-state index contributed by atoms with van der Waals surface area (Å²) in [7, 11) is 0. The van der Waals surface area contributed by atoms with Crippen molar-refractivity contribution in [2.45, 2.75) is 19.8 Å². The van der Waals surface area contributed by atoms with E-state index >= 15 is 0 Å². The van der Waals surface area contributed by atoms with Gasteiger partial charge in [-0.2, -0.15) is 0 Å². The summed E-state index contributed by atoms with van der Waals surface area (Å²) in [6, 6.07) is 0. The molecule has 0 aromatic carbocycles. The zero-order valence-corrected chi connectivity index (χ0v) is 9.36. The van der Waals surface area contributed by atoms with Crippen molar-refractivity contribution in [2.24, 2.45) is 11.7 Å². The minimum atomic E-state index is -0.583. The molecule has 0 saturated carbocycles. The molecule has 1 saturated heterocycles. The van der Waals surface area contributed by atoms with Gasteiger partial charge in [0.15, 0.2) is 0 Å². The monoisotopic (exact) mass is 227 g/mol. The number of carbonyl (C=O) groups is 3. The first-order valence-corrected chi connectivity index (χ1v) is 5.42. The molecule has 3 N–H and O–H groups in total. The van der Waals surface area contributed by atoms with E-state index in [4.69, 9.17) is 5.73 Å². The Morgan fingerprint density at radius 3 is 2.31 bits per heavy atom. The van der Waals surface area contributed by atoms with Crippen LogP contribution in [0, 0.1) is 5.92 Å². The molecule has 1 aliphatic rings. The summed E-state index contributed by atoms with van der Waals surface area (Å²) in [5, 5.41) is 2.45. The van der Waals surface area contributed by atoms with Gasteiger partial charge in [0.05, 0.1) is 0 Å². The van der Waals surface area contributed by atoms with Crippen LogP contribution < -0.4 is 11.1 Å². The van der Waals surface area contributed by atoms with Gasteiger partial charge >= 0.3 is 11.8 Å². The summed E-state index contributed by atoms with van der Waals surface area (Å²) in [6.07, 6.45) is 1.08. The molecule has 0 radical (unpaired) electrons. The SMILES string of the molecule is CCNC(=O)C(=O)N1CCC(C(N)=O)CC1. The van der Waals surface area contributed by atoms with Crippen LogP contribution in [-0.2, 0) is 14.4 Å². The lowest BCUT2D eigenvalue weighted by molar-refractivity contribution is -0.147. The number of hydrogen-bond donors (Lipinski definition) is 2. The highest BCUT2D eigenvalue weighted by molar-refractivity contribution is 6.35. The van der Waals surface area contributed by atoms with Crippen LogP contribution in [0.25, 0.3) is 0 Å². The molecule has 1 rings (SSSR count). The molecule has 1 fully saturated rings. The lowest BCUT2D eigenvalue weighted by Gasteiger charge is -2.29. The van der Waals surface area contributed by atoms with Crippen LogP contribution in [0.15, 0.2) is 0 Å². The summed E-state index contributed by atoms with van der Waals surface area (Å²) in [5.74, 6) is -1.60. The third-order valence-corrected chi connectivity index (χ3v) is 2.72. The minimum absolute atomic E-state index is 0.168. The van der Waals surface area contributed by atoms with Crippen LogP contribution in [-0.4, -0.2) is 42.3 Å². The molecule has 0 aromatic rings. The van der Waals surface area contributed by atoms with E-state index in [9.17, 15) is 14.4 Å². The molecular weight excluding hydrogens is 210 g/mol. The van der Waals surface area contributed by atoms with Gasteiger partial charge in [0, 0.05) is 25.6 Å². The highest BCUT2D eigenvalue weighted by Crippen LogP contribution is 2.16. The maximum atomic E-state index is 11.6. The van der Waals surface area contributed by atoms with Gasteiger partial charge in [0.1, 0.15) is 0 Å². The fourth-order valence-electron chi connectivity index (χ4n) is 1.75. The molecule has 0 aromatic heterocycles. The lowest BCUT2D eigenvalue weighted by Crippen LogP contribution is -2.47. The molecule has 16 heavy (non-hydrogen) atoms. The molecule has 0 bridgehead atoms. The number of piperidine rings is 1. The van der Waals surface area contributed by atoms with Gasteiger partial charge in [0.2, 0.25) is 5.91 Å². The van der Waals surface area contributed by atoms with E-state index in [0.717, 1.165) is 0 Å². The van der Waals surface area contributed by atoms with Crippen LogP contribution in [0.2, 0.25) is 0 Å². The van der Waals surface area contributed by atoms with E-state index in [0.29, 0.717) is 32.5 Å². The van der Waals surface area contributed by atoms with Crippen molar-refractivity contribution in [3.63, 3.8) is 0 Å². The maximum absolute atomic E-state index is 11.6. The molecule has 0 aliphatic carbocycles. The van der Waals surface area contributed by atoms with Crippen molar-refractivity contribution in [3.05, 3.63) is 0 Å². The topological polar surface area (TPSA) is 92.5 Å². The summed E-state index contributed by atoms with van der Waals surface area (Å²) in [5.41, 5.74) is 5.17. The van der Waals surface area contributed by atoms with Gasteiger partial charge in [0.25, 0.3) is 0 Å². The van der Waals surface area contributed by atoms with Gasteiger partial charge in [-0.25, -0.2) is 0 Å². The van der Waals surface area contributed by atoms with Crippen molar-refractivity contribution < 1.29 is 14.4 Å².